The molecule has 1 aliphatic heterocycles. The van der Waals surface area contributed by atoms with Crippen LogP contribution in [0.15, 0.2) is 0 Å². The highest BCUT2D eigenvalue weighted by atomic mass is 16.2. The number of hydrogen-bond donors (Lipinski definition) is 0. The van der Waals surface area contributed by atoms with Gasteiger partial charge in [-0.05, 0) is 19.9 Å². The molecule has 2 aliphatic rings. The highest BCUT2D eigenvalue weighted by Gasteiger charge is 2.31. The first kappa shape index (κ1) is 13.3. The summed E-state index contributed by atoms with van der Waals surface area (Å²) in [6, 6.07) is 2.72. The summed E-state index contributed by atoms with van der Waals surface area (Å²) < 4.78 is 0. The summed E-state index contributed by atoms with van der Waals surface area (Å²) in [4.78, 5) is 18.6. The van der Waals surface area contributed by atoms with E-state index < -0.39 is 0 Å². The van der Waals surface area contributed by atoms with Crippen LogP contribution in [0.5, 0.6) is 0 Å². The Morgan fingerprint density at radius 1 is 1.33 bits per heavy atom. The predicted octanol–water partition coefficient (Wildman–Crippen LogP) is 0.138. The van der Waals surface area contributed by atoms with Crippen LogP contribution in [0.1, 0.15) is 19.3 Å². The molecule has 0 atom stereocenters. The van der Waals surface area contributed by atoms with Crippen molar-refractivity contribution in [2.45, 2.75) is 25.3 Å². The van der Waals surface area contributed by atoms with Crippen LogP contribution < -0.4 is 0 Å². The lowest BCUT2D eigenvalue weighted by atomic mass is 10.3. The van der Waals surface area contributed by atoms with E-state index in [1.165, 1.54) is 12.8 Å². The monoisotopic (exact) mass is 250 g/mol. The van der Waals surface area contributed by atoms with Crippen LogP contribution in [0.25, 0.3) is 0 Å². The molecule has 0 spiro atoms. The molecule has 0 N–H and O–H groups in total. The lowest BCUT2D eigenvalue weighted by molar-refractivity contribution is -0.134. The van der Waals surface area contributed by atoms with E-state index in [4.69, 9.17) is 5.26 Å². The van der Waals surface area contributed by atoms with E-state index in [0.29, 0.717) is 19.0 Å². The standard InChI is InChI=1S/C13H22N4O/c1-15-7-9-16(10-8-15)13(18)11-17(6-2-5-14)12-3-4-12/h12H,2-4,6-11H2,1H3. The number of rotatable bonds is 5. The van der Waals surface area contributed by atoms with Crippen LogP contribution in [-0.2, 0) is 4.79 Å². The zero-order valence-corrected chi connectivity index (χ0v) is 11.1. The molecule has 2 rings (SSSR count). The minimum absolute atomic E-state index is 0.230. The summed E-state index contributed by atoms with van der Waals surface area (Å²) in [6.07, 6.45) is 2.88. The minimum atomic E-state index is 0.230. The van der Waals surface area contributed by atoms with Crippen LogP contribution in [0, 0.1) is 11.3 Å². The number of likely N-dealkylation sites (N-methyl/N-ethyl adjacent to an activating group) is 1. The summed E-state index contributed by atoms with van der Waals surface area (Å²) in [5, 5.41) is 8.65. The van der Waals surface area contributed by atoms with Gasteiger partial charge in [-0.15, -0.1) is 0 Å². The Bertz CT molecular complexity index is 326. The van der Waals surface area contributed by atoms with Crippen molar-refractivity contribution in [1.82, 2.24) is 14.7 Å². The van der Waals surface area contributed by atoms with Crippen LogP contribution in [0.2, 0.25) is 0 Å². The molecule has 0 bridgehead atoms. The first-order chi connectivity index (χ1) is 8.70. The Hall–Kier alpha value is -1.12. The minimum Gasteiger partial charge on any atom is -0.339 e. The van der Waals surface area contributed by atoms with Crippen molar-refractivity contribution < 1.29 is 4.79 Å². The molecule has 5 nitrogen and oxygen atoms in total. The second-order valence-electron chi connectivity index (χ2n) is 5.29. The Balaban J connectivity index is 1.79. The van der Waals surface area contributed by atoms with Gasteiger partial charge in [0.2, 0.25) is 5.91 Å². The Labute approximate surface area is 109 Å². The van der Waals surface area contributed by atoms with E-state index in [2.05, 4.69) is 22.9 Å². The zero-order chi connectivity index (χ0) is 13.0. The Kier molecular flexibility index (Phi) is 4.56. The van der Waals surface area contributed by atoms with Gasteiger partial charge in [0.25, 0.3) is 0 Å². The zero-order valence-electron chi connectivity index (χ0n) is 11.1. The number of nitrogens with zero attached hydrogens (tertiary/aromatic N) is 4. The number of carbonyl (C=O) groups excluding carboxylic acids is 1. The summed E-state index contributed by atoms with van der Waals surface area (Å²) in [7, 11) is 2.09. The average molecular weight is 250 g/mol. The first-order valence-corrected chi connectivity index (χ1v) is 6.78. The fourth-order valence-electron chi connectivity index (χ4n) is 2.35. The van der Waals surface area contributed by atoms with Crippen LogP contribution >= 0.6 is 0 Å². The van der Waals surface area contributed by atoms with Crippen molar-refractivity contribution in [3.8, 4) is 6.07 Å². The van der Waals surface area contributed by atoms with E-state index in [9.17, 15) is 4.79 Å². The highest BCUT2D eigenvalue weighted by molar-refractivity contribution is 5.78. The van der Waals surface area contributed by atoms with Crippen LogP contribution in [-0.4, -0.2) is 73.0 Å². The molecule has 1 heterocycles. The van der Waals surface area contributed by atoms with Gasteiger partial charge in [0.05, 0.1) is 12.6 Å². The largest absolute Gasteiger partial charge is 0.339 e. The highest BCUT2D eigenvalue weighted by Crippen LogP contribution is 2.26. The number of carbonyl (C=O) groups is 1. The lowest BCUT2D eigenvalue weighted by Crippen LogP contribution is -2.50. The van der Waals surface area contributed by atoms with Gasteiger partial charge in [-0.1, -0.05) is 0 Å². The number of piperazine rings is 1. The normalized spacial score (nSPS) is 21.1. The average Bonchev–Trinajstić information content (AvgIpc) is 3.19. The second kappa shape index (κ2) is 6.17. The Morgan fingerprint density at radius 2 is 2.00 bits per heavy atom. The van der Waals surface area contributed by atoms with Gasteiger partial charge in [-0.2, -0.15) is 5.26 Å². The number of amides is 1. The van der Waals surface area contributed by atoms with Crippen molar-refractivity contribution in [1.29, 1.82) is 5.26 Å². The summed E-state index contributed by atoms with van der Waals surface area (Å²) in [5.74, 6) is 0.230. The number of hydrogen-bond acceptors (Lipinski definition) is 4. The first-order valence-electron chi connectivity index (χ1n) is 6.78. The SMILES string of the molecule is CN1CCN(C(=O)CN(CCC#N)C2CC2)CC1. The summed E-state index contributed by atoms with van der Waals surface area (Å²) >= 11 is 0. The molecule has 5 heteroatoms. The molecule has 0 aromatic rings. The predicted molar refractivity (Wildman–Crippen MR) is 68.9 cm³/mol. The lowest BCUT2D eigenvalue weighted by Gasteiger charge is -2.34. The smallest absolute Gasteiger partial charge is 0.236 e. The van der Waals surface area contributed by atoms with E-state index in [1.807, 2.05) is 4.90 Å². The third-order valence-corrected chi connectivity index (χ3v) is 3.77. The molecule has 1 amide bonds. The molecule has 1 saturated carbocycles. The van der Waals surface area contributed by atoms with E-state index >= 15 is 0 Å². The maximum atomic E-state index is 12.2. The molecule has 1 saturated heterocycles. The third kappa shape index (κ3) is 3.69. The Morgan fingerprint density at radius 3 is 2.56 bits per heavy atom. The van der Waals surface area contributed by atoms with Crippen molar-refractivity contribution in [2.75, 3.05) is 46.3 Å². The van der Waals surface area contributed by atoms with Crippen LogP contribution in [0.3, 0.4) is 0 Å². The molecule has 0 radical (unpaired) electrons. The molecule has 0 aromatic heterocycles. The van der Waals surface area contributed by atoms with Gasteiger partial charge >= 0.3 is 0 Å². The van der Waals surface area contributed by atoms with E-state index in [-0.39, 0.29) is 5.91 Å². The molecule has 0 unspecified atom stereocenters. The van der Waals surface area contributed by atoms with Gasteiger partial charge in [-0.25, -0.2) is 0 Å². The summed E-state index contributed by atoms with van der Waals surface area (Å²) in [5.41, 5.74) is 0. The maximum absolute atomic E-state index is 12.2. The summed E-state index contributed by atoms with van der Waals surface area (Å²) in [6.45, 7) is 4.84. The molecule has 0 aromatic carbocycles. The van der Waals surface area contributed by atoms with Crippen molar-refractivity contribution >= 4 is 5.91 Å². The van der Waals surface area contributed by atoms with Crippen molar-refractivity contribution in [3.05, 3.63) is 0 Å². The molecule has 100 valence electrons. The van der Waals surface area contributed by atoms with Crippen molar-refractivity contribution in [3.63, 3.8) is 0 Å². The maximum Gasteiger partial charge on any atom is 0.236 e. The third-order valence-electron chi connectivity index (χ3n) is 3.77. The van der Waals surface area contributed by atoms with E-state index in [0.717, 1.165) is 32.7 Å². The van der Waals surface area contributed by atoms with Gasteiger partial charge in [0.1, 0.15) is 0 Å². The molecule has 18 heavy (non-hydrogen) atoms. The molecular weight excluding hydrogens is 228 g/mol. The molecular formula is C13H22N4O. The van der Waals surface area contributed by atoms with Gasteiger partial charge in [0, 0.05) is 45.2 Å². The molecule has 1 aliphatic carbocycles. The van der Waals surface area contributed by atoms with E-state index in [1.54, 1.807) is 0 Å². The topological polar surface area (TPSA) is 50.6 Å². The van der Waals surface area contributed by atoms with Gasteiger partial charge in [-0.3, -0.25) is 9.69 Å². The fourth-order valence-corrected chi connectivity index (χ4v) is 2.35. The van der Waals surface area contributed by atoms with Crippen molar-refractivity contribution in [2.24, 2.45) is 0 Å². The quantitative estimate of drug-likeness (QED) is 0.696. The fraction of sp³-hybridized carbons (Fsp3) is 0.846. The van der Waals surface area contributed by atoms with Gasteiger partial charge in [0.15, 0.2) is 0 Å². The molecule has 2 fully saturated rings. The van der Waals surface area contributed by atoms with Gasteiger partial charge < -0.3 is 9.80 Å². The number of nitriles is 1. The van der Waals surface area contributed by atoms with Crippen LogP contribution in [0.4, 0.5) is 0 Å². The second-order valence-corrected chi connectivity index (χ2v) is 5.29.